The van der Waals surface area contributed by atoms with Crippen molar-refractivity contribution in [3.63, 3.8) is 0 Å². The maximum atomic E-state index is 13.5. The van der Waals surface area contributed by atoms with E-state index in [0.29, 0.717) is 17.0 Å². The molecule has 0 radical (unpaired) electrons. The minimum absolute atomic E-state index is 0.190. The first-order valence-corrected chi connectivity index (χ1v) is 11.3. The van der Waals surface area contributed by atoms with Gasteiger partial charge in [0.1, 0.15) is 10.5 Å². The largest absolute Gasteiger partial charge is 0.288 e. The molecular formula is C22H35OS+. The molecule has 1 aromatic carbocycles. The number of ketones is 1. The van der Waals surface area contributed by atoms with E-state index in [9.17, 15) is 4.79 Å². The maximum Gasteiger partial charge on any atom is 0.215 e. The lowest BCUT2D eigenvalue weighted by molar-refractivity contribution is 0.0965. The first kappa shape index (κ1) is 19.6. The second-order valence-corrected chi connectivity index (χ2v) is 10.4. The molecule has 24 heavy (non-hydrogen) atoms. The zero-order valence-corrected chi connectivity index (χ0v) is 16.8. The van der Waals surface area contributed by atoms with Crippen molar-refractivity contribution in [3.8, 4) is 0 Å². The van der Waals surface area contributed by atoms with Gasteiger partial charge in [0, 0.05) is 22.4 Å². The zero-order valence-electron chi connectivity index (χ0n) is 16.0. The topological polar surface area (TPSA) is 17.1 Å². The van der Waals surface area contributed by atoms with Gasteiger partial charge in [0.2, 0.25) is 5.78 Å². The second-order valence-electron chi connectivity index (χ2n) is 7.44. The summed E-state index contributed by atoms with van der Waals surface area (Å²) < 4.78 is 0. The van der Waals surface area contributed by atoms with E-state index in [2.05, 4.69) is 27.7 Å². The molecule has 2 unspecified atom stereocenters. The van der Waals surface area contributed by atoms with Crippen LogP contribution < -0.4 is 0 Å². The lowest BCUT2D eigenvalue weighted by Crippen LogP contribution is -2.47. The van der Waals surface area contributed by atoms with Crippen molar-refractivity contribution >= 4 is 16.7 Å². The van der Waals surface area contributed by atoms with Gasteiger partial charge in [0.05, 0.1) is 0 Å². The van der Waals surface area contributed by atoms with Crippen LogP contribution >= 0.6 is 0 Å². The van der Waals surface area contributed by atoms with Gasteiger partial charge >= 0.3 is 0 Å². The molecule has 0 aromatic heterocycles. The molecule has 0 aliphatic heterocycles. The van der Waals surface area contributed by atoms with Crippen LogP contribution in [-0.4, -0.2) is 21.5 Å². The predicted molar refractivity (Wildman–Crippen MR) is 108 cm³/mol. The number of carbonyl (C=O) groups excluding carboxylic acids is 1. The number of carbonyl (C=O) groups is 1. The van der Waals surface area contributed by atoms with Crippen LogP contribution in [0.1, 0.15) is 83.0 Å². The molecule has 0 saturated heterocycles. The molecule has 2 heteroatoms. The van der Waals surface area contributed by atoms with Gasteiger partial charge in [-0.05, 0) is 52.4 Å². The molecule has 1 nitrogen and oxygen atoms in total. The molecule has 134 valence electrons. The van der Waals surface area contributed by atoms with E-state index in [4.69, 9.17) is 0 Å². The molecule has 0 heterocycles. The van der Waals surface area contributed by atoms with Crippen molar-refractivity contribution in [1.82, 2.24) is 0 Å². The van der Waals surface area contributed by atoms with Gasteiger partial charge in [-0.15, -0.1) is 0 Å². The fourth-order valence-electron chi connectivity index (χ4n) is 4.27. The standard InChI is InChI=1S/C22H35OS/c1-5-18(6-2)22(21(23)19-13-9-7-10-14-19)24(17(3)4)20-15-11-8-12-16-20/h7,9-10,13-14,17-18,20,22H,5-6,8,11-12,15-16H2,1-4H3/q+1. The third-order valence-corrected chi connectivity index (χ3v) is 9.08. The molecule has 0 spiro atoms. The van der Waals surface area contributed by atoms with Crippen LogP contribution in [0, 0.1) is 5.92 Å². The minimum Gasteiger partial charge on any atom is -0.288 e. The third kappa shape index (κ3) is 4.65. The fourth-order valence-corrected chi connectivity index (χ4v) is 8.13. The Morgan fingerprint density at radius 2 is 1.62 bits per heavy atom. The normalized spacial score (nSPS) is 18.8. The van der Waals surface area contributed by atoms with Crippen molar-refractivity contribution in [2.24, 2.45) is 5.92 Å². The highest BCUT2D eigenvalue weighted by Gasteiger charge is 2.48. The average molecular weight is 348 g/mol. The number of hydrogen-bond donors (Lipinski definition) is 0. The molecular weight excluding hydrogens is 312 g/mol. The summed E-state index contributed by atoms with van der Waals surface area (Å²) in [6.07, 6.45) is 8.99. The summed E-state index contributed by atoms with van der Waals surface area (Å²) in [7, 11) is 0.190. The van der Waals surface area contributed by atoms with Crippen molar-refractivity contribution in [1.29, 1.82) is 0 Å². The van der Waals surface area contributed by atoms with Crippen LogP contribution in [0.15, 0.2) is 30.3 Å². The van der Waals surface area contributed by atoms with E-state index in [1.165, 1.54) is 32.1 Å². The quantitative estimate of drug-likeness (QED) is 0.414. The highest BCUT2D eigenvalue weighted by molar-refractivity contribution is 7.99. The van der Waals surface area contributed by atoms with Crippen LogP contribution in [0.2, 0.25) is 0 Å². The van der Waals surface area contributed by atoms with Crippen LogP contribution in [-0.2, 0) is 10.9 Å². The SMILES string of the molecule is CCC(CC)C(C(=O)c1ccccc1)[S+](C(C)C)C1CCCCC1. The maximum absolute atomic E-state index is 13.5. The van der Waals surface area contributed by atoms with Gasteiger partial charge in [-0.25, -0.2) is 0 Å². The molecule has 0 N–H and O–H groups in total. The Bertz CT molecular complexity index is 486. The van der Waals surface area contributed by atoms with Crippen molar-refractivity contribution in [2.45, 2.75) is 88.4 Å². The first-order valence-electron chi connectivity index (χ1n) is 9.90. The highest BCUT2D eigenvalue weighted by Crippen LogP contribution is 2.36. The smallest absolute Gasteiger partial charge is 0.215 e. The van der Waals surface area contributed by atoms with E-state index in [0.717, 1.165) is 23.7 Å². The zero-order chi connectivity index (χ0) is 17.5. The van der Waals surface area contributed by atoms with Gasteiger partial charge < -0.3 is 0 Å². The van der Waals surface area contributed by atoms with Crippen LogP contribution in [0.25, 0.3) is 0 Å². The van der Waals surface area contributed by atoms with Crippen molar-refractivity contribution in [3.05, 3.63) is 35.9 Å². The summed E-state index contributed by atoms with van der Waals surface area (Å²) >= 11 is 0. The Morgan fingerprint density at radius 1 is 1.04 bits per heavy atom. The predicted octanol–water partition coefficient (Wildman–Crippen LogP) is 6.03. The Hall–Kier alpha value is -0.760. The molecule has 1 fully saturated rings. The van der Waals surface area contributed by atoms with E-state index in [1.807, 2.05) is 30.3 Å². The first-order chi connectivity index (χ1) is 11.6. The summed E-state index contributed by atoms with van der Waals surface area (Å²) in [5.74, 6) is 0.928. The molecule has 1 saturated carbocycles. The minimum atomic E-state index is 0.190. The number of benzene rings is 1. The van der Waals surface area contributed by atoms with Gasteiger partial charge in [-0.1, -0.05) is 50.6 Å². The van der Waals surface area contributed by atoms with Crippen LogP contribution in [0.3, 0.4) is 0 Å². The molecule has 1 aliphatic rings. The van der Waals surface area contributed by atoms with E-state index >= 15 is 0 Å². The lowest BCUT2D eigenvalue weighted by atomic mass is 9.93. The molecule has 2 atom stereocenters. The molecule has 1 aromatic rings. The Balaban J connectivity index is 2.36. The second kappa shape index (κ2) is 9.65. The summed E-state index contributed by atoms with van der Waals surface area (Å²) in [6.45, 7) is 9.24. The van der Waals surface area contributed by atoms with E-state index < -0.39 is 0 Å². The fraction of sp³-hybridized carbons (Fsp3) is 0.682. The Morgan fingerprint density at radius 3 is 2.12 bits per heavy atom. The van der Waals surface area contributed by atoms with E-state index in [1.54, 1.807) is 0 Å². The highest BCUT2D eigenvalue weighted by atomic mass is 32.2. The summed E-state index contributed by atoms with van der Waals surface area (Å²) in [6, 6.07) is 10.0. The molecule has 0 bridgehead atoms. The molecule has 1 aliphatic carbocycles. The van der Waals surface area contributed by atoms with Gasteiger partial charge in [-0.2, -0.15) is 0 Å². The van der Waals surface area contributed by atoms with Crippen molar-refractivity contribution < 1.29 is 4.79 Å². The number of rotatable bonds is 8. The third-order valence-electron chi connectivity index (χ3n) is 5.57. The lowest BCUT2D eigenvalue weighted by Gasteiger charge is -2.33. The molecule has 0 amide bonds. The molecule has 2 rings (SSSR count). The Kier molecular flexibility index (Phi) is 7.87. The number of hydrogen-bond acceptors (Lipinski definition) is 1. The van der Waals surface area contributed by atoms with Crippen LogP contribution in [0.4, 0.5) is 0 Å². The monoisotopic (exact) mass is 347 g/mol. The van der Waals surface area contributed by atoms with Crippen molar-refractivity contribution in [2.75, 3.05) is 0 Å². The summed E-state index contributed by atoms with van der Waals surface area (Å²) in [5.41, 5.74) is 0.920. The number of Topliss-reactive ketones (excluding diaryl/α,β-unsaturated/α-hetero) is 1. The van der Waals surface area contributed by atoms with Gasteiger partial charge in [0.25, 0.3) is 0 Å². The summed E-state index contributed by atoms with van der Waals surface area (Å²) in [4.78, 5) is 13.5. The Labute approximate surface area is 152 Å². The van der Waals surface area contributed by atoms with Gasteiger partial charge in [0.15, 0.2) is 5.25 Å². The summed E-state index contributed by atoms with van der Waals surface area (Å²) in [5, 5.41) is 1.58. The van der Waals surface area contributed by atoms with E-state index in [-0.39, 0.29) is 16.1 Å². The average Bonchev–Trinajstić information content (AvgIpc) is 2.62. The van der Waals surface area contributed by atoms with Crippen LogP contribution in [0.5, 0.6) is 0 Å². The van der Waals surface area contributed by atoms with Gasteiger partial charge in [-0.3, -0.25) is 4.79 Å².